The first kappa shape index (κ1) is 31.6. The minimum Gasteiger partial charge on any atom is -0.456 e. The summed E-state index contributed by atoms with van der Waals surface area (Å²) in [6.07, 6.45) is 0. The van der Waals surface area contributed by atoms with E-state index in [9.17, 15) is 0 Å². The molecule has 0 atom stereocenters. The second-order valence-corrected chi connectivity index (χ2v) is 13.8. The van der Waals surface area contributed by atoms with Crippen molar-refractivity contribution in [1.29, 1.82) is 0 Å². The third-order valence-electron chi connectivity index (χ3n) is 10.2. The molecular formula is C50H33N3O. The van der Waals surface area contributed by atoms with E-state index in [1.165, 1.54) is 22.1 Å². The molecule has 54 heavy (non-hydrogen) atoms. The van der Waals surface area contributed by atoms with Gasteiger partial charge in [-0.1, -0.05) is 151 Å². The van der Waals surface area contributed by atoms with Crippen molar-refractivity contribution in [3.63, 3.8) is 0 Å². The summed E-state index contributed by atoms with van der Waals surface area (Å²) < 4.78 is 6.57. The van der Waals surface area contributed by atoms with Crippen LogP contribution in [0, 0.1) is 6.92 Å². The SMILES string of the molecule is Cc1cccc(-c2cccc(-c3nc(-c4ccc5ccccc5c4)nc(-c4ccc5c(c4)oc4cccc(-c6cccc(-c7ccccc7)c6)c45)n3)c2)c1. The summed E-state index contributed by atoms with van der Waals surface area (Å²) in [5, 5.41) is 4.44. The summed E-state index contributed by atoms with van der Waals surface area (Å²) in [6.45, 7) is 2.12. The van der Waals surface area contributed by atoms with E-state index in [1.54, 1.807) is 0 Å². The highest BCUT2D eigenvalue weighted by Gasteiger charge is 2.17. The number of hydrogen-bond donors (Lipinski definition) is 0. The Morgan fingerprint density at radius 3 is 1.69 bits per heavy atom. The number of rotatable bonds is 6. The average molecular weight is 692 g/mol. The van der Waals surface area contributed by atoms with Crippen LogP contribution in [0.5, 0.6) is 0 Å². The average Bonchev–Trinajstić information content (AvgIpc) is 3.62. The minimum atomic E-state index is 0.585. The highest BCUT2D eigenvalue weighted by Crippen LogP contribution is 2.39. The molecule has 10 aromatic rings. The lowest BCUT2D eigenvalue weighted by atomic mass is 9.96. The van der Waals surface area contributed by atoms with E-state index in [2.05, 4.69) is 177 Å². The van der Waals surface area contributed by atoms with Crippen molar-refractivity contribution >= 4 is 32.7 Å². The summed E-state index contributed by atoms with van der Waals surface area (Å²) in [6, 6.07) is 63.5. The Kier molecular flexibility index (Phi) is 7.66. The molecule has 0 fully saturated rings. The van der Waals surface area contributed by atoms with Crippen LogP contribution in [0.1, 0.15) is 5.56 Å². The number of aryl methyl sites for hydroxylation is 1. The zero-order chi connectivity index (χ0) is 36.0. The Morgan fingerprint density at radius 1 is 0.352 bits per heavy atom. The molecule has 0 amide bonds. The Morgan fingerprint density at radius 2 is 0.907 bits per heavy atom. The Hall–Kier alpha value is -7.17. The Labute approximate surface area is 313 Å². The lowest BCUT2D eigenvalue weighted by molar-refractivity contribution is 0.669. The van der Waals surface area contributed by atoms with Crippen molar-refractivity contribution in [3.8, 4) is 67.5 Å². The molecule has 0 spiro atoms. The molecule has 0 saturated carbocycles. The monoisotopic (exact) mass is 691 g/mol. The molecule has 0 unspecified atom stereocenters. The molecule has 2 heterocycles. The van der Waals surface area contributed by atoms with Crippen molar-refractivity contribution in [2.45, 2.75) is 6.92 Å². The van der Waals surface area contributed by atoms with Crippen LogP contribution in [0.25, 0.3) is 100 Å². The molecule has 0 N–H and O–H groups in total. The maximum atomic E-state index is 6.57. The zero-order valence-corrected chi connectivity index (χ0v) is 29.6. The van der Waals surface area contributed by atoms with Gasteiger partial charge in [-0.3, -0.25) is 0 Å². The first-order chi connectivity index (χ1) is 26.6. The molecule has 254 valence electrons. The van der Waals surface area contributed by atoms with Crippen LogP contribution in [0.4, 0.5) is 0 Å². The lowest BCUT2D eigenvalue weighted by Crippen LogP contribution is -2.00. The standard InChI is InChI=1S/C50H33N3O/c1-32-11-7-16-35(27-32)38-18-9-20-40(30-38)48-51-49(41-24-23-34-14-5-6-15-36(34)29-41)53-50(52-48)42-25-26-44-46(31-42)54-45-22-10-21-43(47(44)45)39-19-8-17-37(28-39)33-12-3-2-4-13-33/h2-31H,1H3. The van der Waals surface area contributed by atoms with Crippen molar-refractivity contribution < 1.29 is 4.42 Å². The van der Waals surface area contributed by atoms with Crippen LogP contribution in [-0.2, 0) is 0 Å². The number of hydrogen-bond acceptors (Lipinski definition) is 4. The zero-order valence-electron chi connectivity index (χ0n) is 29.6. The fraction of sp³-hybridized carbons (Fsp3) is 0.0200. The Balaban J connectivity index is 1.11. The molecule has 0 saturated heterocycles. The number of fused-ring (bicyclic) bond motifs is 4. The molecule has 0 aliphatic heterocycles. The molecule has 8 aromatic carbocycles. The highest BCUT2D eigenvalue weighted by atomic mass is 16.3. The second kappa shape index (κ2) is 13.1. The van der Waals surface area contributed by atoms with Gasteiger partial charge < -0.3 is 4.42 Å². The largest absolute Gasteiger partial charge is 0.456 e. The van der Waals surface area contributed by atoms with Crippen LogP contribution >= 0.6 is 0 Å². The van der Waals surface area contributed by atoms with Crippen LogP contribution in [0.2, 0.25) is 0 Å². The van der Waals surface area contributed by atoms with Gasteiger partial charge in [0.2, 0.25) is 0 Å². The summed E-state index contributed by atoms with van der Waals surface area (Å²) >= 11 is 0. The number of benzene rings is 8. The predicted octanol–water partition coefficient (Wildman–Crippen LogP) is 13.2. The number of furan rings is 1. The maximum absolute atomic E-state index is 6.57. The molecule has 2 aromatic heterocycles. The minimum absolute atomic E-state index is 0.585. The van der Waals surface area contributed by atoms with Gasteiger partial charge in [-0.25, -0.2) is 15.0 Å². The van der Waals surface area contributed by atoms with Gasteiger partial charge in [0, 0.05) is 27.5 Å². The van der Waals surface area contributed by atoms with Crippen LogP contribution in [0.15, 0.2) is 186 Å². The smallest absolute Gasteiger partial charge is 0.164 e. The predicted molar refractivity (Wildman–Crippen MR) is 222 cm³/mol. The normalized spacial score (nSPS) is 11.4. The van der Waals surface area contributed by atoms with Crippen molar-refractivity contribution in [2.24, 2.45) is 0 Å². The van der Waals surface area contributed by atoms with Crippen LogP contribution in [-0.4, -0.2) is 15.0 Å². The maximum Gasteiger partial charge on any atom is 0.164 e. The lowest BCUT2D eigenvalue weighted by Gasteiger charge is -2.10. The van der Waals surface area contributed by atoms with Crippen molar-refractivity contribution in [3.05, 3.63) is 188 Å². The van der Waals surface area contributed by atoms with Crippen LogP contribution < -0.4 is 0 Å². The Bertz CT molecular complexity index is 3020. The molecule has 0 radical (unpaired) electrons. The van der Waals surface area contributed by atoms with Crippen molar-refractivity contribution in [2.75, 3.05) is 0 Å². The number of aromatic nitrogens is 3. The fourth-order valence-corrected chi connectivity index (χ4v) is 7.46. The molecular weight excluding hydrogens is 659 g/mol. The molecule has 4 nitrogen and oxygen atoms in total. The van der Waals surface area contributed by atoms with Crippen molar-refractivity contribution in [1.82, 2.24) is 15.0 Å². The first-order valence-electron chi connectivity index (χ1n) is 18.2. The van der Waals surface area contributed by atoms with Gasteiger partial charge in [0.05, 0.1) is 0 Å². The van der Waals surface area contributed by atoms with Gasteiger partial charge in [0.25, 0.3) is 0 Å². The van der Waals surface area contributed by atoms with Gasteiger partial charge in [-0.05, 0) is 87.5 Å². The third-order valence-corrected chi connectivity index (χ3v) is 10.2. The molecule has 0 bridgehead atoms. The molecule has 0 aliphatic carbocycles. The van der Waals surface area contributed by atoms with Gasteiger partial charge in [0.1, 0.15) is 11.2 Å². The van der Waals surface area contributed by atoms with E-state index in [4.69, 9.17) is 19.4 Å². The fourth-order valence-electron chi connectivity index (χ4n) is 7.46. The summed E-state index contributed by atoms with van der Waals surface area (Å²) in [4.78, 5) is 15.3. The van der Waals surface area contributed by atoms with E-state index in [1.807, 2.05) is 12.1 Å². The molecule has 4 heteroatoms. The van der Waals surface area contributed by atoms with Gasteiger partial charge in [-0.2, -0.15) is 0 Å². The summed E-state index contributed by atoms with van der Waals surface area (Å²) in [5.74, 6) is 1.82. The van der Waals surface area contributed by atoms with Gasteiger partial charge in [-0.15, -0.1) is 0 Å². The quantitative estimate of drug-likeness (QED) is 0.174. The summed E-state index contributed by atoms with van der Waals surface area (Å²) in [7, 11) is 0. The van der Waals surface area contributed by atoms with E-state index in [-0.39, 0.29) is 0 Å². The highest BCUT2D eigenvalue weighted by molar-refractivity contribution is 6.13. The van der Waals surface area contributed by atoms with Crippen LogP contribution in [0.3, 0.4) is 0 Å². The topological polar surface area (TPSA) is 51.8 Å². The van der Waals surface area contributed by atoms with Gasteiger partial charge >= 0.3 is 0 Å². The van der Waals surface area contributed by atoms with E-state index >= 15 is 0 Å². The van der Waals surface area contributed by atoms with Gasteiger partial charge in [0.15, 0.2) is 17.5 Å². The number of nitrogens with zero attached hydrogens (tertiary/aromatic N) is 3. The van der Waals surface area contributed by atoms with E-state index < -0.39 is 0 Å². The third kappa shape index (κ3) is 5.80. The molecule has 0 aliphatic rings. The second-order valence-electron chi connectivity index (χ2n) is 13.8. The first-order valence-corrected chi connectivity index (χ1v) is 18.2. The van der Waals surface area contributed by atoms with E-state index in [0.29, 0.717) is 17.5 Å². The summed E-state index contributed by atoms with van der Waals surface area (Å²) in [5.41, 5.74) is 12.5. The van der Waals surface area contributed by atoms with E-state index in [0.717, 1.165) is 66.3 Å². The molecule has 10 rings (SSSR count).